The summed E-state index contributed by atoms with van der Waals surface area (Å²) in [5.74, 6) is 0.144. The second-order valence-corrected chi connectivity index (χ2v) is 4.75. The molecule has 3 nitrogen and oxygen atoms in total. The summed E-state index contributed by atoms with van der Waals surface area (Å²) in [4.78, 5) is 11.7. The van der Waals surface area contributed by atoms with Crippen molar-refractivity contribution < 1.29 is 4.79 Å². The molecule has 90 valence electrons. The van der Waals surface area contributed by atoms with E-state index in [9.17, 15) is 4.79 Å². The zero-order chi connectivity index (χ0) is 12.0. The van der Waals surface area contributed by atoms with Crippen LogP contribution >= 0.6 is 11.3 Å². The van der Waals surface area contributed by atoms with Crippen molar-refractivity contribution >= 4 is 17.2 Å². The minimum Gasteiger partial charge on any atom is -0.352 e. The largest absolute Gasteiger partial charge is 0.352 e. The van der Waals surface area contributed by atoms with Crippen molar-refractivity contribution in [1.29, 1.82) is 0 Å². The molecule has 0 aliphatic rings. The first kappa shape index (κ1) is 13.2. The Morgan fingerprint density at radius 1 is 1.50 bits per heavy atom. The van der Waals surface area contributed by atoms with E-state index in [0.29, 0.717) is 6.54 Å². The predicted octanol–water partition coefficient (Wildman–Crippen LogP) is 1.92. The van der Waals surface area contributed by atoms with Crippen molar-refractivity contribution in [1.82, 2.24) is 10.6 Å². The molecular formula is C12H20N2OS. The summed E-state index contributed by atoms with van der Waals surface area (Å²) in [6.07, 6.45) is 0. The maximum absolute atomic E-state index is 11.7. The molecule has 0 aromatic carbocycles. The molecule has 16 heavy (non-hydrogen) atoms. The van der Waals surface area contributed by atoms with Crippen LogP contribution in [0.1, 0.15) is 25.0 Å². The second-order valence-electron chi connectivity index (χ2n) is 4.01. The van der Waals surface area contributed by atoms with Gasteiger partial charge in [0.1, 0.15) is 0 Å². The van der Waals surface area contributed by atoms with Crippen LogP contribution in [0, 0.1) is 12.8 Å². The van der Waals surface area contributed by atoms with E-state index < -0.39 is 0 Å². The van der Waals surface area contributed by atoms with Gasteiger partial charge in [0.15, 0.2) is 0 Å². The number of aryl methyl sites for hydroxylation is 1. The maximum Gasteiger partial charge on any atom is 0.224 e. The third-order valence-corrected chi connectivity index (χ3v) is 3.47. The van der Waals surface area contributed by atoms with E-state index in [2.05, 4.69) is 28.3 Å². The van der Waals surface area contributed by atoms with Crippen LogP contribution in [0.5, 0.6) is 0 Å². The highest BCUT2D eigenvalue weighted by atomic mass is 32.1. The summed E-state index contributed by atoms with van der Waals surface area (Å²) in [5.41, 5.74) is 2.47. The van der Waals surface area contributed by atoms with E-state index in [0.717, 1.165) is 13.1 Å². The average Bonchev–Trinajstić information content (AvgIpc) is 2.68. The van der Waals surface area contributed by atoms with E-state index in [1.807, 2.05) is 13.8 Å². The van der Waals surface area contributed by atoms with E-state index in [1.54, 1.807) is 11.3 Å². The Hall–Kier alpha value is -0.870. The molecule has 1 rings (SSSR count). The highest BCUT2D eigenvalue weighted by Crippen LogP contribution is 2.13. The Kier molecular flexibility index (Phi) is 5.49. The van der Waals surface area contributed by atoms with Gasteiger partial charge in [0.2, 0.25) is 5.91 Å². The lowest BCUT2D eigenvalue weighted by atomic mass is 10.1. The van der Waals surface area contributed by atoms with Crippen LogP contribution in [0.4, 0.5) is 0 Å². The fraction of sp³-hybridized carbons (Fsp3) is 0.583. The van der Waals surface area contributed by atoms with Gasteiger partial charge >= 0.3 is 0 Å². The van der Waals surface area contributed by atoms with Gasteiger partial charge in [-0.2, -0.15) is 11.3 Å². The van der Waals surface area contributed by atoms with Crippen molar-refractivity contribution in [3.63, 3.8) is 0 Å². The number of hydrogen-bond donors (Lipinski definition) is 2. The van der Waals surface area contributed by atoms with E-state index in [1.165, 1.54) is 11.1 Å². The predicted molar refractivity (Wildman–Crippen MR) is 68.6 cm³/mol. The van der Waals surface area contributed by atoms with Gasteiger partial charge in [-0.15, -0.1) is 0 Å². The highest BCUT2D eigenvalue weighted by molar-refractivity contribution is 7.08. The molecule has 1 heterocycles. The van der Waals surface area contributed by atoms with Gasteiger partial charge in [0.25, 0.3) is 0 Å². The molecule has 0 radical (unpaired) electrons. The van der Waals surface area contributed by atoms with Crippen molar-refractivity contribution in [3.05, 3.63) is 21.9 Å². The third kappa shape index (κ3) is 3.94. The van der Waals surface area contributed by atoms with Crippen molar-refractivity contribution in [2.24, 2.45) is 5.92 Å². The van der Waals surface area contributed by atoms with Crippen LogP contribution in [0.15, 0.2) is 10.8 Å². The van der Waals surface area contributed by atoms with Crippen LogP contribution in [-0.2, 0) is 11.3 Å². The zero-order valence-corrected chi connectivity index (χ0v) is 11.0. The quantitative estimate of drug-likeness (QED) is 0.797. The van der Waals surface area contributed by atoms with Gasteiger partial charge in [0.05, 0.1) is 0 Å². The van der Waals surface area contributed by atoms with Gasteiger partial charge in [-0.3, -0.25) is 4.79 Å². The molecule has 1 unspecified atom stereocenters. The monoisotopic (exact) mass is 240 g/mol. The number of thiophene rings is 1. The minimum atomic E-state index is 0.0268. The van der Waals surface area contributed by atoms with Gasteiger partial charge < -0.3 is 10.6 Å². The molecule has 1 amide bonds. The van der Waals surface area contributed by atoms with Crippen molar-refractivity contribution in [2.75, 3.05) is 13.1 Å². The minimum absolute atomic E-state index is 0.0268. The summed E-state index contributed by atoms with van der Waals surface area (Å²) in [5, 5.41) is 10.3. The van der Waals surface area contributed by atoms with Gasteiger partial charge in [0, 0.05) is 19.0 Å². The number of carbonyl (C=O) groups is 1. The molecule has 0 bridgehead atoms. The van der Waals surface area contributed by atoms with Gasteiger partial charge in [-0.25, -0.2) is 0 Å². The van der Waals surface area contributed by atoms with Crippen LogP contribution in [0.25, 0.3) is 0 Å². The second kappa shape index (κ2) is 6.66. The third-order valence-electron chi connectivity index (χ3n) is 2.56. The van der Waals surface area contributed by atoms with Crippen molar-refractivity contribution in [2.45, 2.75) is 27.3 Å². The lowest BCUT2D eigenvalue weighted by Crippen LogP contribution is -2.34. The molecule has 0 aliphatic heterocycles. The molecular weight excluding hydrogens is 220 g/mol. The number of amides is 1. The normalized spacial score (nSPS) is 12.4. The summed E-state index contributed by atoms with van der Waals surface area (Å²) in [6.45, 7) is 8.34. The Labute approximate surface area is 101 Å². The van der Waals surface area contributed by atoms with Gasteiger partial charge in [-0.05, 0) is 35.4 Å². The van der Waals surface area contributed by atoms with E-state index in [4.69, 9.17) is 0 Å². The summed E-state index contributed by atoms with van der Waals surface area (Å²) >= 11 is 1.68. The maximum atomic E-state index is 11.7. The number of nitrogens with one attached hydrogen (secondary N) is 2. The molecule has 1 aromatic heterocycles. The first-order valence-electron chi connectivity index (χ1n) is 5.65. The van der Waals surface area contributed by atoms with Crippen LogP contribution in [0.3, 0.4) is 0 Å². The zero-order valence-electron chi connectivity index (χ0n) is 10.2. The Morgan fingerprint density at radius 3 is 2.81 bits per heavy atom. The van der Waals surface area contributed by atoms with E-state index >= 15 is 0 Å². The summed E-state index contributed by atoms with van der Waals surface area (Å²) in [7, 11) is 0. The SMILES string of the molecule is CCNCC(C)C(=O)NCc1cscc1C. The summed E-state index contributed by atoms with van der Waals surface area (Å²) in [6, 6.07) is 0. The molecule has 0 fully saturated rings. The Bertz CT molecular complexity index is 336. The molecule has 1 atom stereocenters. The standard InChI is InChI=1S/C12H20N2OS/c1-4-13-5-9(2)12(15)14-6-11-8-16-7-10(11)3/h7-9,13H,4-6H2,1-3H3,(H,14,15). The fourth-order valence-electron chi connectivity index (χ4n) is 1.38. The highest BCUT2D eigenvalue weighted by Gasteiger charge is 2.11. The lowest BCUT2D eigenvalue weighted by molar-refractivity contribution is -0.124. The van der Waals surface area contributed by atoms with Crippen LogP contribution in [0.2, 0.25) is 0 Å². The number of hydrogen-bond acceptors (Lipinski definition) is 3. The number of carbonyl (C=O) groups excluding carboxylic acids is 1. The molecule has 0 saturated heterocycles. The topological polar surface area (TPSA) is 41.1 Å². The lowest BCUT2D eigenvalue weighted by Gasteiger charge is -2.12. The number of rotatable bonds is 6. The summed E-state index contributed by atoms with van der Waals surface area (Å²) < 4.78 is 0. The molecule has 0 saturated carbocycles. The average molecular weight is 240 g/mol. The Balaban J connectivity index is 2.32. The van der Waals surface area contributed by atoms with Gasteiger partial charge in [-0.1, -0.05) is 13.8 Å². The molecule has 0 spiro atoms. The van der Waals surface area contributed by atoms with Crippen LogP contribution in [-0.4, -0.2) is 19.0 Å². The molecule has 4 heteroatoms. The first-order chi connectivity index (χ1) is 7.65. The van der Waals surface area contributed by atoms with Crippen molar-refractivity contribution in [3.8, 4) is 0 Å². The molecule has 0 aliphatic carbocycles. The Morgan fingerprint density at radius 2 is 2.25 bits per heavy atom. The first-order valence-corrected chi connectivity index (χ1v) is 6.59. The molecule has 2 N–H and O–H groups in total. The van der Waals surface area contributed by atoms with E-state index in [-0.39, 0.29) is 11.8 Å². The smallest absolute Gasteiger partial charge is 0.224 e. The molecule has 1 aromatic rings. The van der Waals surface area contributed by atoms with Crippen LogP contribution < -0.4 is 10.6 Å². The fourth-order valence-corrected chi connectivity index (χ4v) is 2.24.